The minimum Gasteiger partial charge on any atom is -0.130 e. The van der Waals surface area contributed by atoms with E-state index in [0.29, 0.717) is 0 Å². The highest BCUT2D eigenvalue weighted by molar-refractivity contribution is 5.10. The molecule has 0 aliphatic heterocycles. The summed E-state index contributed by atoms with van der Waals surface area (Å²) in [5.74, 6) is 0. The second-order valence-electron chi connectivity index (χ2n) is 2.89. The Bertz CT molecular complexity index is 222. The van der Waals surface area contributed by atoms with Crippen molar-refractivity contribution in [3.63, 3.8) is 0 Å². The highest BCUT2D eigenvalue weighted by Gasteiger charge is 1.88. The largest absolute Gasteiger partial charge is 0.130 e. The van der Waals surface area contributed by atoms with Crippen LogP contribution in [0.2, 0.25) is 0 Å². The van der Waals surface area contributed by atoms with Crippen molar-refractivity contribution in [2.75, 3.05) is 0 Å². The summed E-state index contributed by atoms with van der Waals surface area (Å²) in [5.41, 5.74) is 4.55. The molecule has 0 aliphatic carbocycles. The summed E-state index contributed by atoms with van der Waals surface area (Å²) in [6.07, 6.45) is 13.9. The molecule has 72 valence electrons. The molecular formula is C13H20. The third-order valence-electron chi connectivity index (χ3n) is 1.84. The maximum atomic E-state index is 3.09. The topological polar surface area (TPSA) is 0 Å². The summed E-state index contributed by atoms with van der Waals surface area (Å²) in [4.78, 5) is 0. The van der Waals surface area contributed by atoms with Crippen molar-refractivity contribution < 1.29 is 0 Å². The number of hydrogen-bond donors (Lipinski definition) is 0. The van der Waals surface area contributed by atoms with Gasteiger partial charge in [0.05, 0.1) is 0 Å². The van der Waals surface area contributed by atoms with E-state index in [4.69, 9.17) is 0 Å². The van der Waals surface area contributed by atoms with E-state index in [9.17, 15) is 0 Å². The predicted octanol–water partition coefficient (Wildman–Crippen LogP) is 4.41. The maximum Gasteiger partial charge on any atom is -0.00597 e. The van der Waals surface area contributed by atoms with Crippen LogP contribution in [0.4, 0.5) is 0 Å². The second-order valence-corrected chi connectivity index (χ2v) is 2.89. The highest BCUT2D eigenvalue weighted by atomic mass is 13.9. The Kier molecular flexibility index (Phi) is 8.39. The van der Waals surface area contributed by atoms with Gasteiger partial charge >= 0.3 is 0 Å². The fraction of sp³-hybridized carbons (Fsp3) is 0.462. The van der Waals surface area contributed by atoms with Crippen molar-refractivity contribution >= 4 is 0 Å². The summed E-state index contributed by atoms with van der Waals surface area (Å²) < 4.78 is 0. The van der Waals surface area contributed by atoms with Crippen molar-refractivity contribution in [2.45, 2.75) is 40.0 Å². The lowest BCUT2D eigenvalue weighted by Gasteiger charge is -1.97. The molecule has 0 saturated carbocycles. The lowest BCUT2D eigenvalue weighted by atomic mass is 10.1. The molecule has 0 spiro atoms. The molecule has 0 aromatic heterocycles. The fourth-order valence-corrected chi connectivity index (χ4v) is 1.03. The summed E-state index contributed by atoms with van der Waals surface area (Å²) in [6, 6.07) is 0. The predicted molar refractivity (Wildman–Crippen MR) is 60.7 cm³/mol. The first-order valence-electron chi connectivity index (χ1n) is 4.99. The van der Waals surface area contributed by atoms with Gasteiger partial charge in [-0.05, 0) is 45.3 Å². The molecule has 0 atom stereocenters. The molecule has 0 nitrogen and oxygen atoms in total. The van der Waals surface area contributed by atoms with E-state index in [1.807, 2.05) is 13.0 Å². The van der Waals surface area contributed by atoms with Crippen molar-refractivity contribution in [1.82, 2.24) is 0 Å². The van der Waals surface area contributed by atoms with E-state index in [2.05, 4.69) is 43.9 Å². The lowest BCUT2D eigenvalue weighted by molar-refractivity contribution is 1.08. The zero-order valence-corrected chi connectivity index (χ0v) is 9.01. The number of allylic oxidation sites excluding steroid dienone is 5. The Morgan fingerprint density at radius 2 is 1.92 bits per heavy atom. The SMILES string of the molecule is CC=C=CCC(=CC)CC=CCC. The van der Waals surface area contributed by atoms with Crippen molar-refractivity contribution in [2.24, 2.45) is 0 Å². The Labute approximate surface area is 82.4 Å². The van der Waals surface area contributed by atoms with Crippen LogP contribution in [-0.2, 0) is 0 Å². The zero-order valence-electron chi connectivity index (χ0n) is 9.01. The van der Waals surface area contributed by atoms with Crippen LogP contribution in [0.25, 0.3) is 0 Å². The summed E-state index contributed by atoms with van der Waals surface area (Å²) in [5, 5.41) is 0. The molecule has 0 aromatic rings. The normalized spacial score (nSPS) is 11.5. The quantitative estimate of drug-likeness (QED) is 0.430. The second kappa shape index (κ2) is 9.09. The third kappa shape index (κ3) is 7.36. The van der Waals surface area contributed by atoms with Crippen LogP contribution >= 0.6 is 0 Å². The molecule has 0 N–H and O–H groups in total. The van der Waals surface area contributed by atoms with E-state index < -0.39 is 0 Å². The Morgan fingerprint density at radius 3 is 2.46 bits per heavy atom. The molecule has 0 amide bonds. The van der Waals surface area contributed by atoms with Crippen molar-refractivity contribution in [3.05, 3.63) is 41.7 Å². The molecule has 13 heavy (non-hydrogen) atoms. The molecule has 0 bridgehead atoms. The Morgan fingerprint density at radius 1 is 1.15 bits per heavy atom. The van der Waals surface area contributed by atoms with E-state index in [-0.39, 0.29) is 0 Å². The monoisotopic (exact) mass is 176 g/mol. The van der Waals surface area contributed by atoms with Gasteiger partial charge in [0.15, 0.2) is 0 Å². The Hall–Kier alpha value is -1.00. The van der Waals surface area contributed by atoms with Crippen LogP contribution in [0.3, 0.4) is 0 Å². The first-order chi connectivity index (χ1) is 6.35. The van der Waals surface area contributed by atoms with Crippen LogP contribution in [-0.4, -0.2) is 0 Å². The van der Waals surface area contributed by atoms with Crippen LogP contribution in [0.15, 0.2) is 41.7 Å². The first-order valence-corrected chi connectivity index (χ1v) is 4.99. The van der Waals surface area contributed by atoms with Crippen LogP contribution < -0.4 is 0 Å². The molecular weight excluding hydrogens is 156 g/mol. The van der Waals surface area contributed by atoms with E-state index >= 15 is 0 Å². The van der Waals surface area contributed by atoms with Gasteiger partial charge in [-0.15, -0.1) is 5.73 Å². The van der Waals surface area contributed by atoms with E-state index in [0.717, 1.165) is 19.3 Å². The van der Waals surface area contributed by atoms with Gasteiger partial charge < -0.3 is 0 Å². The first kappa shape index (κ1) is 12.0. The van der Waals surface area contributed by atoms with Crippen LogP contribution in [0.5, 0.6) is 0 Å². The average molecular weight is 176 g/mol. The van der Waals surface area contributed by atoms with Gasteiger partial charge in [-0.2, -0.15) is 0 Å². The number of rotatable bonds is 5. The zero-order chi connectivity index (χ0) is 9.94. The van der Waals surface area contributed by atoms with Crippen LogP contribution in [0.1, 0.15) is 40.0 Å². The minimum absolute atomic E-state index is 1.02. The van der Waals surface area contributed by atoms with E-state index in [1.165, 1.54) is 5.57 Å². The number of hydrogen-bond acceptors (Lipinski definition) is 0. The molecule has 0 heterocycles. The van der Waals surface area contributed by atoms with Gasteiger partial charge in [0.1, 0.15) is 0 Å². The maximum absolute atomic E-state index is 3.09. The van der Waals surface area contributed by atoms with Gasteiger partial charge in [0, 0.05) is 0 Å². The summed E-state index contributed by atoms with van der Waals surface area (Å²) >= 11 is 0. The average Bonchev–Trinajstić information content (AvgIpc) is 2.16. The Balaban J connectivity index is 3.92. The summed E-state index contributed by atoms with van der Waals surface area (Å²) in [7, 11) is 0. The molecule has 0 heteroatoms. The highest BCUT2D eigenvalue weighted by Crippen LogP contribution is 2.08. The van der Waals surface area contributed by atoms with Gasteiger partial charge in [-0.3, -0.25) is 0 Å². The molecule has 0 saturated heterocycles. The fourth-order valence-electron chi connectivity index (χ4n) is 1.03. The van der Waals surface area contributed by atoms with Gasteiger partial charge in [0.25, 0.3) is 0 Å². The third-order valence-corrected chi connectivity index (χ3v) is 1.84. The molecule has 0 radical (unpaired) electrons. The van der Waals surface area contributed by atoms with Crippen LogP contribution in [0, 0.1) is 0 Å². The molecule has 0 aromatic carbocycles. The smallest absolute Gasteiger partial charge is 0.00597 e. The van der Waals surface area contributed by atoms with Gasteiger partial charge in [0.2, 0.25) is 0 Å². The minimum atomic E-state index is 1.02. The van der Waals surface area contributed by atoms with Crippen molar-refractivity contribution in [1.29, 1.82) is 0 Å². The standard InChI is InChI=1S/C13H20/c1-4-7-9-11-13(6-3)12-10-8-5-2/h4,6,8-10H,5,11-12H2,1-3H3. The van der Waals surface area contributed by atoms with Gasteiger partial charge in [-0.1, -0.05) is 30.7 Å². The molecule has 0 rings (SSSR count). The van der Waals surface area contributed by atoms with Crippen molar-refractivity contribution in [3.8, 4) is 0 Å². The summed E-state index contributed by atoms with van der Waals surface area (Å²) in [6.45, 7) is 6.24. The molecule has 0 fully saturated rings. The lowest BCUT2D eigenvalue weighted by Crippen LogP contribution is -1.77. The molecule has 0 aliphatic rings. The van der Waals surface area contributed by atoms with Gasteiger partial charge in [-0.25, -0.2) is 0 Å². The van der Waals surface area contributed by atoms with E-state index in [1.54, 1.807) is 0 Å². The molecule has 0 unspecified atom stereocenters.